The number of para-hydroxylation sites is 1. The molecule has 2 aromatic rings. The molecule has 0 saturated heterocycles. The molecule has 3 rings (SSSR count). The van der Waals surface area contributed by atoms with Crippen LogP contribution in [0.2, 0.25) is 0 Å². The Kier molecular flexibility index (Phi) is 5.02. The predicted octanol–water partition coefficient (Wildman–Crippen LogP) is 4.93. The summed E-state index contributed by atoms with van der Waals surface area (Å²) in [7, 11) is 0. The highest BCUT2D eigenvalue weighted by molar-refractivity contribution is 5.38. The number of hydrogen-bond donors (Lipinski definition) is 1. The number of nitrogens with one attached hydrogen (secondary N) is 1. The van der Waals surface area contributed by atoms with Gasteiger partial charge in [-0.05, 0) is 36.5 Å². The number of fused-ring (bicyclic) bond motifs is 1. The van der Waals surface area contributed by atoms with E-state index in [-0.39, 0.29) is 0 Å². The van der Waals surface area contributed by atoms with Crippen molar-refractivity contribution in [2.45, 2.75) is 45.3 Å². The minimum Gasteiger partial charge on any atom is -0.490 e. The van der Waals surface area contributed by atoms with Gasteiger partial charge >= 0.3 is 0 Å². The molecule has 0 spiro atoms. The average Bonchev–Trinajstić information content (AvgIpc) is 2.59. The van der Waals surface area contributed by atoms with Crippen LogP contribution in [0.25, 0.3) is 0 Å². The molecule has 2 unspecified atom stereocenters. The maximum Gasteiger partial charge on any atom is 0.123 e. The Hall–Kier alpha value is -1.80. The standard InChI is InChI=1S/C21H27NO/c1-15(2)21-13-18(19-11-7-8-12-20(19)23-21)14-22-16(3)17-9-5-4-6-10-17/h4-12,15-16,18,21-22H,13-14H2,1-3H3/t16?,18-,21?/m0/s1. The van der Waals surface area contributed by atoms with E-state index in [1.807, 2.05) is 0 Å². The van der Waals surface area contributed by atoms with Crippen molar-refractivity contribution < 1.29 is 4.74 Å². The van der Waals surface area contributed by atoms with Gasteiger partial charge in [-0.2, -0.15) is 0 Å². The van der Waals surface area contributed by atoms with E-state index in [0.717, 1.165) is 18.7 Å². The van der Waals surface area contributed by atoms with Crippen molar-refractivity contribution in [3.63, 3.8) is 0 Å². The smallest absolute Gasteiger partial charge is 0.123 e. The van der Waals surface area contributed by atoms with Crippen LogP contribution in [0.5, 0.6) is 5.75 Å². The summed E-state index contributed by atoms with van der Waals surface area (Å²) in [4.78, 5) is 0. The topological polar surface area (TPSA) is 21.3 Å². The number of rotatable bonds is 5. The molecule has 23 heavy (non-hydrogen) atoms. The second-order valence-electron chi connectivity index (χ2n) is 6.91. The SMILES string of the molecule is CC(NC[C@@H]1CC(C(C)C)Oc2ccccc21)c1ccccc1. The van der Waals surface area contributed by atoms with Gasteiger partial charge in [0.15, 0.2) is 0 Å². The van der Waals surface area contributed by atoms with Gasteiger partial charge < -0.3 is 10.1 Å². The third-order valence-electron chi connectivity index (χ3n) is 4.87. The second-order valence-corrected chi connectivity index (χ2v) is 6.91. The largest absolute Gasteiger partial charge is 0.490 e. The Morgan fingerprint density at radius 1 is 1.00 bits per heavy atom. The minimum absolute atomic E-state index is 0.309. The molecule has 0 fully saturated rings. The van der Waals surface area contributed by atoms with Gasteiger partial charge in [0.2, 0.25) is 0 Å². The molecule has 1 aliphatic heterocycles. The van der Waals surface area contributed by atoms with Gasteiger partial charge in [-0.25, -0.2) is 0 Å². The summed E-state index contributed by atoms with van der Waals surface area (Å²) in [5, 5.41) is 3.71. The van der Waals surface area contributed by atoms with Crippen molar-refractivity contribution in [1.82, 2.24) is 5.32 Å². The lowest BCUT2D eigenvalue weighted by Crippen LogP contribution is -2.34. The molecule has 1 N–H and O–H groups in total. The summed E-state index contributed by atoms with van der Waals surface area (Å²) in [5.74, 6) is 2.12. The third kappa shape index (κ3) is 3.76. The zero-order chi connectivity index (χ0) is 16.2. The van der Waals surface area contributed by atoms with E-state index in [4.69, 9.17) is 4.74 Å². The van der Waals surface area contributed by atoms with E-state index in [9.17, 15) is 0 Å². The molecule has 2 aromatic carbocycles. The lowest BCUT2D eigenvalue weighted by molar-refractivity contribution is 0.113. The molecule has 0 radical (unpaired) electrons. The summed E-state index contributed by atoms with van der Waals surface area (Å²) in [6.45, 7) is 7.71. The summed E-state index contributed by atoms with van der Waals surface area (Å²) >= 11 is 0. The van der Waals surface area contributed by atoms with E-state index in [2.05, 4.69) is 80.7 Å². The van der Waals surface area contributed by atoms with Crippen molar-refractivity contribution in [3.8, 4) is 5.75 Å². The lowest BCUT2D eigenvalue weighted by atomic mass is 9.86. The first-order chi connectivity index (χ1) is 11.1. The highest BCUT2D eigenvalue weighted by atomic mass is 16.5. The van der Waals surface area contributed by atoms with Crippen LogP contribution in [-0.2, 0) is 0 Å². The Labute approximate surface area is 139 Å². The summed E-state index contributed by atoms with van der Waals surface area (Å²) in [6, 6.07) is 19.5. The number of hydrogen-bond acceptors (Lipinski definition) is 2. The van der Waals surface area contributed by atoms with Crippen LogP contribution < -0.4 is 10.1 Å². The Morgan fingerprint density at radius 2 is 1.70 bits per heavy atom. The van der Waals surface area contributed by atoms with Crippen LogP contribution in [-0.4, -0.2) is 12.6 Å². The van der Waals surface area contributed by atoms with Crippen LogP contribution in [0.4, 0.5) is 0 Å². The van der Waals surface area contributed by atoms with Gasteiger partial charge in [-0.15, -0.1) is 0 Å². The summed E-state index contributed by atoms with van der Waals surface area (Å²) in [5.41, 5.74) is 2.69. The molecule has 0 aromatic heterocycles. The molecule has 0 amide bonds. The molecular weight excluding hydrogens is 282 g/mol. The van der Waals surface area contributed by atoms with E-state index >= 15 is 0 Å². The van der Waals surface area contributed by atoms with Crippen molar-refractivity contribution in [2.24, 2.45) is 5.92 Å². The van der Waals surface area contributed by atoms with Crippen LogP contribution >= 0.6 is 0 Å². The van der Waals surface area contributed by atoms with Crippen LogP contribution in [0, 0.1) is 5.92 Å². The fourth-order valence-electron chi connectivity index (χ4n) is 3.32. The van der Waals surface area contributed by atoms with E-state index in [0.29, 0.717) is 24.0 Å². The molecule has 1 heterocycles. The van der Waals surface area contributed by atoms with E-state index < -0.39 is 0 Å². The van der Waals surface area contributed by atoms with Gasteiger partial charge in [0.25, 0.3) is 0 Å². The van der Waals surface area contributed by atoms with Gasteiger partial charge in [-0.1, -0.05) is 62.4 Å². The number of benzene rings is 2. The molecule has 1 aliphatic rings. The lowest BCUT2D eigenvalue weighted by Gasteiger charge is -2.35. The van der Waals surface area contributed by atoms with Gasteiger partial charge in [-0.3, -0.25) is 0 Å². The van der Waals surface area contributed by atoms with Crippen molar-refractivity contribution in [3.05, 3.63) is 65.7 Å². The van der Waals surface area contributed by atoms with Crippen molar-refractivity contribution in [2.75, 3.05) is 6.54 Å². The predicted molar refractivity (Wildman–Crippen MR) is 95.9 cm³/mol. The first-order valence-electron chi connectivity index (χ1n) is 8.69. The summed E-state index contributed by atoms with van der Waals surface area (Å²) in [6.07, 6.45) is 1.40. The maximum atomic E-state index is 6.19. The van der Waals surface area contributed by atoms with E-state index in [1.54, 1.807) is 0 Å². The fraction of sp³-hybridized carbons (Fsp3) is 0.429. The molecule has 0 bridgehead atoms. The van der Waals surface area contributed by atoms with Gasteiger partial charge in [0.05, 0.1) is 0 Å². The highest BCUT2D eigenvalue weighted by Gasteiger charge is 2.29. The van der Waals surface area contributed by atoms with Gasteiger partial charge in [0, 0.05) is 18.5 Å². The molecule has 122 valence electrons. The molecule has 0 saturated carbocycles. The van der Waals surface area contributed by atoms with Gasteiger partial charge in [0.1, 0.15) is 11.9 Å². The van der Waals surface area contributed by atoms with Crippen molar-refractivity contribution in [1.29, 1.82) is 0 Å². The normalized spacial score (nSPS) is 21.6. The molecule has 0 aliphatic carbocycles. The average molecular weight is 309 g/mol. The fourth-order valence-corrected chi connectivity index (χ4v) is 3.32. The minimum atomic E-state index is 0.309. The van der Waals surface area contributed by atoms with Crippen LogP contribution in [0.15, 0.2) is 54.6 Å². The quantitative estimate of drug-likeness (QED) is 0.845. The molecule has 3 atom stereocenters. The third-order valence-corrected chi connectivity index (χ3v) is 4.87. The second kappa shape index (κ2) is 7.18. The Bertz CT molecular complexity index is 623. The molecule has 2 nitrogen and oxygen atoms in total. The maximum absolute atomic E-state index is 6.19. The summed E-state index contributed by atoms with van der Waals surface area (Å²) < 4.78 is 6.19. The van der Waals surface area contributed by atoms with Crippen LogP contribution in [0.3, 0.4) is 0 Å². The zero-order valence-electron chi connectivity index (χ0n) is 14.3. The first kappa shape index (κ1) is 16.1. The Balaban J connectivity index is 1.71. The molecular formula is C21H27NO. The highest BCUT2D eigenvalue weighted by Crippen LogP contribution is 2.38. The monoisotopic (exact) mass is 309 g/mol. The molecule has 2 heteroatoms. The first-order valence-corrected chi connectivity index (χ1v) is 8.69. The van der Waals surface area contributed by atoms with E-state index in [1.165, 1.54) is 11.1 Å². The Morgan fingerprint density at radius 3 is 2.43 bits per heavy atom. The zero-order valence-corrected chi connectivity index (χ0v) is 14.3. The number of ether oxygens (including phenoxy) is 1. The van der Waals surface area contributed by atoms with Crippen molar-refractivity contribution >= 4 is 0 Å². The van der Waals surface area contributed by atoms with Crippen LogP contribution in [0.1, 0.15) is 50.3 Å².